The van der Waals surface area contributed by atoms with Gasteiger partial charge in [-0.3, -0.25) is 0 Å². The van der Waals surface area contributed by atoms with Crippen LogP contribution in [-0.2, 0) is 23.6 Å². The van der Waals surface area contributed by atoms with Crippen molar-refractivity contribution in [1.82, 2.24) is 19.5 Å². The van der Waals surface area contributed by atoms with Gasteiger partial charge in [0.1, 0.15) is 12.2 Å². The number of carboxylic acids is 1. The number of hydrogen-bond acceptors (Lipinski definition) is 5. The van der Waals surface area contributed by atoms with Crippen LogP contribution in [0.25, 0.3) is 0 Å². The number of aryl methyl sites for hydroxylation is 1. The average molecular weight is 296 g/mol. The number of nitrogens with zero attached hydrogens (tertiary/aromatic N) is 3. The van der Waals surface area contributed by atoms with Gasteiger partial charge < -0.3 is 9.67 Å². The van der Waals surface area contributed by atoms with E-state index >= 15 is 0 Å². The molecule has 106 valence electrons. The van der Waals surface area contributed by atoms with Gasteiger partial charge in [-0.25, -0.2) is 17.9 Å². The Kier molecular flexibility index (Phi) is 3.81. The van der Waals surface area contributed by atoms with Crippen molar-refractivity contribution in [3.8, 4) is 0 Å². The summed E-state index contributed by atoms with van der Waals surface area (Å²) in [5.74, 6) is -0.738. The zero-order valence-corrected chi connectivity index (χ0v) is 11.3. The number of carbonyl (C=O) groups is 1. The number of hydrogen-bond donors (Lipinski definition) is 2. The monoisotopic (exact) mass is 296 g/mol. The molecule has 0 aliphatic carbocycles. The molecule has 0 bridgehead atoms. The highest BCUT2D eigenvalue weighted by atomic mass is 32.2. The molecule has 2 rings (SSSR count). The summed E-state index contributed by atoms with van der Waals surface area (Å²) >= 11 is 0. The van der Waals surface area contributed by atoms with E-state index in [4.69, 9.17) is 5.11 Å². The maximum absolute atomic E-state index is 12.1. The number of aromatic nitrogens is 3. The molecule has 0 aliphatic rings. The second kappa shape index (κ2) is 5.39. The minimum atomic E-state index is -3.80. The van der Waals surface area contributed by atoms with Gasteiger partial charge in [0.2, 0.25) is 10.0 Å². The molecule has 1 heterocycles. The number of rotatable bonds is 5. The molecule has 0 saturated heterocycles. The highest BCUT2D eigenvalue weighted by Crippen LogP contribution is 2.12. The van der Waals surface area contributed by atoms with Gasteiger partial charge in [-0.05, 0) is 18.2 Å². The highest BCUT2D eigenvalue weighted by Gasteiger charge is 2.16. The summed E-state index contributed by atoms with van der Waals surface area (Å²) in [7, 11) is -2.11. The lowest BCUT2D eigenvalue weighted by atomic mass is 10.2. The summed E-state index contributed by atoms with van der Waals surface area (Å²) in [5.41, 5.74) is -0.0912. The maximum atomic E-state index is 12.1. The Hall–Kier alpha value is -2.26. The van der Waals surface area contributed by atoms with Crippen LogP contribution in [-0.4, -0.2) is 34.3 Å². The molecule has 1 aromatic heterocycles. The lowest BCUT2D eigenvalue weighted by molar-refractivity contribution is 0.0696. The topological polar surface area (TPSA) is 114 Å². The van der Waals surface area contributed by atoms with Crippen molar-refractivity contribution >= 4 is 16.0 Å². The lowest BCUT2D eigenvalue weighted by Gasteiger charge is -2.07. The summed E-state index contributed by atoms with van der Waals surface area (Å²) in [5, 5.41) is 16.2. The Labute approximate surface area is 115 Å². The molecule has 20 heavy (non-hydrogen) atoms. The molecule has 0 amide bonds. The van der Waals surface area contributed by atoms with Crippen LogP contribution >= 0.6 is 0 Å². The number of carboxylic acid groups (broad SMARTS) is 1. The van der Waals surface area contributed by atoms with E-state index < -0.39 is 16.0 Å². The van der Waals surface area contributed by atoms with Crippen LogP contribution in [0.5, 0.6) is 0 Å². The molecule has 8 nitrogen and oxygen atoms in total. The fourth-order valence-corrected chi connectivity index (χ4v) is 2.53. The molecular weight excluding hydrogens is 284 g/mol. The molecule has 0 spiro atoms. The van der Waals surface area contributed by atoms with E-state index in [1.54, 1.807) is 11.6 Å². The van der Waals surface area contributed by atoms with Crippen LogP contribution in [0.1, 0.15) is 16.2 Å². The number of nitrogens with one attached hydrogen (secondary N) is 1. The fourth-order valence-electron chi connectivity index (χ4n) is 1.51. The standard InChI is InChI=1S/C11H12N4O4S/c1-15-7-12-14-10(15)6-13-20(18,19)9-4-2-3-8(5-9)11(16)17/h2-5,7,13H,6H2,1H3,(H,16,17). The summed E-state index contributed by atoms with van der Waals surface area (Å²) in [6.07, 6.45) is 1.45. The first-order chi connectivity index (χ1) is 9.40. The van der Waals surface area contributed by atoms with E-state index in [0.29, 0.717) is 5.82 Å². The second-order valence-corrected chi connectivity index (χ2v) is 5.78. The molecule has 0 atom stereocenters. The third-order valence-corrected chi connectivity index (χ3v) is 4.02. The maximum Gasteiger partial charge on any atom is 0.335 e. The molecule has 0 fully saturated rings. The summed E-state index contributed by atoms with van der Waals surface area (Å²) < 4.78 is 28.0. The zero-order chi connectivity index (χ0) is 14.8. The number of aromatic carboxylic acids is 1. The molecule has 1 aromatic carbocycles. The van der Waals surface area contributed by atoms with Gasteiger partial charge in [-0.1, -0.05) is 6.07 Å². The van der Waals surface area contributed by atoms with Gasteiger partial charge in [0.15, 0.2) is 0 Å². The van der Waals surface area contributed by atoms with Crippen molar-refractivity contribution < 1.29 is 18.3 Å². The van der Waals surface area contributed by atoms with Crippen LogP contribution in [0.4, 0.5) is 0 Å². The molecule has 0 radical (unpaired) electrons. The largest absolute Gasteiger partial charge is 0.478 e. The normalized spacial score (nSPS) is 11.4. The van der Waals surface area contributed by atoms with Crippen molar-refractivity contribution in [3.63, 3.8) is 0 Å². The zero-order valence-electron chi connectivity index (χ0n) is 10.5. The van der Waals surface area contributed by atoms with Crippen molar-refractivity contribution in [1.29, 1.82) is 0 Å². The first-order valence-corrected chi connectivity index (χ1v) is 7.04. The van der Waals surface area contributed by atoms with Crippen LogP contribution in [0.3, 0.4) is 0 Å². The van der Waals surface area contributed by atoms with Gasteiger partial charge in [0.25, 0.3) is 0 Å². The molecule has 2 aromatic rings. The Balaban J connectivity index is 2.20. The SMILES string of the molecule is Cn1cnnc1CNS(=O)(=O)c1cccc(C(=O)O)c1. The minimum Gasteiger partial charge on any atom is -0.478 e. The second-order valence-electron chi connectivity index (χ2n) is 4.02. The van der Waals surface area contributed by atoms with Gasteiger partial charge in [0.05, 0.1) is 17.0 Å². The Bertz CT molecular complexity index is 738. The third-order valence-electron chi connectivity index (χ3n) is 2.62. The number of benzene rings is 1. The first kappa shape index (κ1) is 14.2. The van der Waals surface area contributed by atoms with Gasteiger partial charge in [-0.15, -0.1) is 10.2 Å². The lowest BCUT2D eigenvalue weighted by Crippen LogP contribution is -2.25. The van der Waals surface area contributed by atoms with E-state index in [-0.39, 0.29) is 17.0 Å². The Morgan fingerprint density at radius 1 is 1.45 bits per heavy atom. The molecule has 0 saturated carbocycles. The molecule has 2 N–H and O–H groups in total. The van der Waals surface area contributed by atoms with Gasteiger partial charge in [-0.2, -0.15) is 0 Å². The highest BCUT2D eigenvalue weighted by molar-refractivity contribution is 7.89. The van der Waals surface area contributed by atoms with Crippen LogP contribution in [0.15, 0.2) is 35.5 Å². The summed E-state index contributed by atoms with van der Waals surface area (Å²) in [6, 6.07) is 5.12. The molecule has 0 aliphatic heterocycles. The smallest absolute Gasteiger partial charge is 0.335 e. The quantitative estimate of drug-likeness (QED) is 0.802. The van der Waals surface area contributed by atoms with E-state index in [1.807, 2.05) is 0 Å². The van der Waals surface area contributed by atoms with Crippen molar-refractivity contribution in [2.75, 3.05) is 0 Å². The van der Waals surface area contributed by atoms with E-state index in [0.717, 1.165) is 6.07 Å². The van der Waals surface area contributed by atoms with Gasteiger partial charge in [0, 0.05) is 7.05 Å². The molecular formula is C11H12N4O4S. The fraction of sp³-hybridized carbons (Fsp3) is 0.182. The van der Waals surface area contributed by atoms with Gasteiger partial charge >= 0.3 is 5.97 Å². The van der Waals surface area contributed by atoms with E-state index in [1.165, 1.54) is 24.5 Å². The van der Waals surface area contributed by atoms with E-state index in [2.05, 4.69) is 14.9 Å². The van der Waals surface area contributed by atoms with Crippen molar-refractivity contribution in [2.45, 2.75) is 11.4 Å². The average Bonchev–Trinajstić information content (AvgIpc) is 2.82. The van der Waals surface area contributed by atoms with Crippen molar-refractivity contribution in [2.24, 2.45) is 7.05 Å². The Morgan fingerprint density at radius 2 is 2.20 bits per heavy atom. The third kappa shape index (κ3) is 3.00. The molecule has 9 heteroatoms. The van der Waals surface area contributed by atoms with Crippen molar-refractivity contribution in [3.05, 3.63) is 42.0 Å². The summed E-state index contributed by atoms with van der Waals surface area (Å²) in [6.45, 7) is -0.0316. The predicted molar refractivity (Wildman–Crippen MR) is 68.4 cm³/mol. The Morgan fingerprint density at radius 3 is 2.80 bits per heavy atom. The first-order valence-electron chi connectivity index (χ1n) is 5.56. The van der Waals surface area contributed by atoms with E-state index in [9.17, 15) is 13.2 Å². The summed E-state index contributed by atoms with van der Waals surface area (Å²) in [4.78, 5) is 10.7. The minimum absolute atomic E-state index is 0.0316. The predicted octanol–water partition coefficient (Wildman–Crippen LogP) is -0.00820. The number of sulfonamides is 1. The van der Waals surface area contributed by atoms with Crippen LogP contribution < -0.4 is 4.72 Å². The molecule has 0 unspecified atom stereocenters. The van der Waals surface area contributed by atoms with Crippen LogP contribution in [0, 0.1) is 0 Å². The van der Waals surface area contributed by atoms with Crippen LogP contribution in [0.2, 0.25) is 0 Å².